The summed E-state index contributed by atoms with van der Waals surface area (Å²) in [5, 5.41) is 13.2. The van der Waals surface area contributed by atoms with Crippen LogP contribution in [0.2, 0.25) is 5.02 Å². The first-order chi connectivity index (χ1) is 16.1. The molecule has 168 valence electrons. The molecule has 1 fully saturated rings. The van der Waals surface area contributed by atoms with Crippen molar-refractivity contribution in [3.8, 4) is 22.7 Å². The summed E-state index contributed by atoms with van der Waals surface area (Å²) in [6.45, 7) is 1.86. The highest BCUT2D eigenvalue weighted by Gasteiger charge is 2.23. The number of carbonyl (C=O) groups is 1. The zero-order valence-corrected chi connectivity index (χ0v) is 19.7. The van der Waals surface area contributed by atoms with E-state index in [9.17, 15) is 4.79 Å². The number of rotatable bonds is 6. The molecule has 0 radical (unpaired) electrons. The number of hydrogen-bond donors (Lipinski definition) is 1. The van der Waals surface area contributed by atoms with Gasteiger partial charge >= 0.3 is 0 Å². The molecule has 1 aliphatic carbocycles. The van der Waals surface area contributed by atoms with Crippen LogP contribution in [0.15, 0.2) is 64.2 Å². The van der Waals surface area contributed by atoms with Gasteiger partial charge < -0.3 is 9.73 Å². The molecule has 1 saturated carbocycles. The van der Waals surface area contributed by atoms with Crippen LogP contribution in [0.5, 0.6) is 0 Å². The van der Waals surface area contributed by atoms with Gasteiger partial charge in [-0.2, -0.15) is 0 Å². The van der Waals surface area contributed by atoms with Crippen LogP contribution in [0.1, 0.15) is 32.6 Å². The van der Waals surface area contributed by atoms with E-state index in [1.165, 1.54) is 24.6 Å². The number of thioether (sulfide) groups is 1. The average molecular weight is 479 g/mol. The largest absolute Gasteiger partial charge is 0.411 e. The standard InChI is InChI=1S/C25H23ClN4O2S/c1-15(23(31)27-18-6-2-3-7-18)33-25-30-29-24(32-25)20-14-22(16-10-12-17(26)13-11-16)28-21-9-5-4-8-19(20)21/h4-5,8-15,18H,2-3,6-7H2,1H3,(H,27,31)/t15-/m0/s1. The molecule has 0 bridgehead atoms. The fraction of sp³-hybridized carbons (Fsp3) is 0.280. The number of para-hydroxylation sites is 1. The summed E-state index contributed by atoms with van der Waals surface area (Å²) in [7, 11) is 0. The highest BCUT2D eigenvalue weighted by molar-refractivity contribution is 8.00. The van der Waals surface area contributed by atoms with E-state index >= 15 is 0 Å². The first-order valence-electron chi connectivity index (χ1n) is 11.0. The normalized spacial score (nSPS) is 15.1. The van der Waals surface area contributed by atoms with E-state index < -0.39 is 0 Å². The number of nitrogens with one attached hydrogen (secondary N) is 1. The number of aromatic nitrogens is 3. The van der Waals surface area contributed by atoms with Crippen molar-refractivity contribution in [2.24, 2.45) is 0 Å². The first kappa shape index (κ1) is 21.9. The van der Waals surface area contributed by atoms with Crippen LogP contribution < -0.4 is 5.32 Å². The van der Waals surface area contributed by atoms with Crippen molar-refractivity contribution in [2.45, 2.75) is 49.1 Å². The lowest BCUT2D eigenvalue weighted by molar-refractivity contribution is -0.120. The molecule has 33 heavy (non-hydrogen) atoms. The molecule has 8 heteroatoms. The van der Waals surface area contributed by atoms with Gasteiger partial charge in [0.25, 0.3) is 5.22 Å². The second-order valence-corrected chi connectivity index (χ2v) is 9.93. The number of carbonyl (C=O) groups excluding carboxylic acids is 1. The summed E-state index contributed by atoms with van der Waals surface area (Å²) >= 11 is 7.33. The van der Waals surface area contributed by atoms with Gasteiger partial charge in [0, 0.05) is 22.0 Å². The smallest absolute Gasteiger partial charge is 0.277 e. The maximum atomic E-state index is 12.5. The predicted molar refractivity (Wildman–Crippen MR) is 131 cm³/mol. The van der Waals surface area contributed by atoms with E-state index in [4.69, 9.17) is 21.0 Å². The van der Waals surface area contributed by atoms with Crippen LogP contribution in [0, 0.1) is 0 Å². The third kappa shape index (κ3) is 4.89. The maximum Gasteiger partial charge on any atom is 0.277 e. The number of amides is 1. The van der Waals surface area contributed by atoms with Crippen LogP contribution in [-0.4, -0.2) is 32.4 Å². The molecule has 2 aromatic heterocycles. The zero-order valence-electron chi connectivity index (χ0n) is 18.1. The van der Waals surface area contributed by atoms with Crippen LogP contribution >= 0.6 is 23.4 Å². The number of halogens is 1. The second kappa shape index (κ2) is 9.53. The van der Waals surface area contributed by atoms with Crippen LogP contribution in [-0.2, 0) is 4.79 Å². The fourth-order valence-corrected chi connectivity index (χ4v) is 4.90. The Labute approximate surface area is 201 Å². The number of nitrogens with zero attached hydrogens (tertiary/aromatic N) is 3. The molecule has 1 amide bonds. The van der Waals surface area contributed by atoms with Gasteiger partial charge in [-0.3, -0.25) is 4.79 Å². The van der Waals surface area contributed by atoms with Crippen LogP contribution in [0.3, 0.4) is 0 Å². The van der Waals surface area contributed by atoms with Gasteiger partial charge in [-0.25, -0.2) is 4.98 Å². The van der Waals surface area contributed by atoms with Crippen molar-refractivity contribution in [1.82, 2.24) is 20.5 Å². The Morgan fingerprint density at radius 1 is 1.12 bits per heavy atom. The van der Waals surface area contributed by atoms with Crippen molar-refractivity contribution in [2.75, 3.05) is 0 Å². The third-order valence-corrected chi connectivity index (χ3v) is 7.03. The number of benzene rings is 2. The molecule has 0 saturated heterocycles. The predicted octanol–water partition coefficient (Wildman–Crippen LogP) is 6.14. The summed E-state index contributed by atoms with van der Waals surface area (Å²) < 4.78 is 5.99. The molecule has 5 rings (SSSR count). The molecule has 2 aromatic carbocycles. The Kier molecular flexibility index (Phi) is 6.33. The summed E-state index contributed by atoms with van der Waals surface area (Å²) in [5.74, 6) is 0.403. The van der Waals surface area contributed by atoms with Crippen molar-refractivity contribution in [3.05, 3.63) is 59.6 Å². The SMILES string of the molecule is C[C@H](Sc1nnc(-c2cc(-c3ccc(Cl)cc3)nc3ccccc23)o1)C(=O)NC1CCCC1. The second-order valence-electron chi connectivity index (χ2n) is 8.20. The number of hydrogen-bond acceptors (Lipinski definition) is 6. The van der Waals surface area contributed by atoms with E-state index in [-0.39, 0.29) is 17.2 Å². The number of pyridine rings is 1. The van der Waals surface area contributed by atoms with E-state index in [1.54, 1.807) is 0 Å². The highest BCUT2D eigenvalue weighted by atomic mass is 35.5. The van der Waals surface area contributed by atoms with Gasteiger partial charge in [-0.1, -0.05) is 66.5 Å². The van der Waals surface area contributed by atoms with Crippen molar-refractivity contribution in [3.63, 3.8) is 0 Å². The van der Waals surface area contributed by atoms with Gasteiger partial charge in [-0.15, -0.1) is 10.2 Å². The lowest BCUT2D eigenvalue weighted by atomic mass is 10.0. The Hall–Kier alpha value is -2.90. The minimum absolute atomic E-state index is 0.00559. The van der Waals surface area contributed by atoms with E-state index in [0.717, 1.165) is 40.6 Å². The van der Waals surface area contributed by atoms with Gasteiger partial charge in [0.05, 0.1) is 22.0 Å². The molecular weight excluding hydrogens is 456 g/mol. The van der Waals surface area contributed by atoms with Crippen LogP contribution in [0.25, 0.3) is 33.6 Å². The van der Waals surface area contributed by atoms with E-state index in [2.05, 4.69) is 15.5 Å². The zero-order chi connectivity index (χ0) is 22.8. The van der Waals surface area contributed by atoms with Crippen molar-refractivity contribution < 1.29 is 9.21 Å². The first-order valence-corrected chi connectivity index (χ1v) is 12.3. The maximum absolute atomic E-state index is 12.5. The third-order valence-electron chi connectivity index (χ3n) is 5.84. The van der Waals surface area contributed by atoms with Gasteiger partial charge in [0.2, 0.25) is 11.8 Å². The minimum atomic E-state index is -0.322. The molecule has 0 spiro atoms. The van der Waals surface area contributed by atoms with Gasteiger partial charge in [-0.05, 0) is 44.0 Å². The molecular formula is C25H23ClN4O2S. The van der Waals surface area contributed by atoms with Crippen molar-refractivity contribution in [1.29, 1.82) is 0 Å². The molecule has 6 nitrogen and oxygen atoms in total. The Morgan fingerprint density at radius 3 is 2.67 bits per heavy atom. The lowest BCUT2D eigenvalue weighted by Gasteiger charge is -2.14. The molecule has 1 N–H and O–H groups in total. The Balaban J connectivity index is 1.42. The Morgan fingerprint density at radius 2 is 1.88 bits per heavy atom. The molecule has 1 atom stereocenters. The molecule has 2 heterocycles. The summed E-state index contributed by atoms with van der Waals surface area (Å²) in [5.41, 5.74) is 3.36. The summed E-state index contributed by atoms with van der Waals surface area (Å²) in [6, 6.07) is 17.6. The molecule has 4 aromatic rings. The topological polar surface area (TPSA) is 80.9 Å². The van der Waals surface area contributed by atoms with E-state index in [1.807, 2.05) is 61.5 Å². The van der Waals surface area contributed by atoms with Crippen LogP contribution in [0.4, 0.5) is 0 Å². The Bertz CT molecular complexity index is 1290. The average Bonchev–Trinajstić information content (AvgIpc) is 3.51. The number of fused-ring (bicyclic) bond motifs is 1. The van der Waals surface area contributed by atoms with Gasteiger partial charge in [0.1, 0.15) is 0 Å². The summed E-state index contributed by atoms with van der Waals surface area (Å²) in [4.78, 5) is 17.3. The van der Waals surface area contributed by atoms with Crippen molar-refractivity contribution >= 4 is 40.2 Å². The fourth-order valence-electron chi connectivity index (χ4n) is 4.08. The summed E-state index contributed by atoms with van der Waals surface area (Å²) in [6.07, 6.45) is 4.46. The van der Waals surface area contributed by atoms with E-state index in [0.29, 0.717) is 16.1 Å². The minimum Gasteiger partial charge on any atom is -0.411 e. The molecule has 0 unspecified atom stereocenters. The highest BCUT2D eigenvalue weighted by Crippen LogP contribution is 2.33. The lowest BCUT2D eigenvalue weighted by Crippen LogP contribution is -2.37. The monoisotopic (exact) mass is 478 g/mol. The van der Waals surface area contributed by atoms with Gasteiger partial charge in [0.15, 0.2) is 0 Å². The molecule has 1 aliphatic rings. The molecule has 0 aliphatic heterocycles. The quantitative estimate of drug-likeness (QED) is 0.335.